The number of carbonyl (C=O) groups excluding carboxylic acids is 2. The van der Waals surface area contributed by atoms with Crippen LogP contribution in [0.5, 0.6) is 5.75 Å². The lowest BCUT2D eigenvalue weighted by Gasteiger charge is -2.32. The van der Waals surface area contributed by atoms with Crippen LogP contribution < -0.4 is 15.5 Å². The van der Waals surface area contributed by atoms with E-state index < -0.39 is 0 Å². The molecule has 2 aliphatic heterocycles. The van der Waals surface area contributed by atoms with Crippen molar-refractivity contribution < 1.29 is 19.1 Å². The maximum absolute atomic E-state index is 12.6. The average Bonchev–Trinajstić information content (AvgIpc) is 3.55. The van der Waals surface area contributed by atoms with E-state index in [4.69, 9.17) is 9.47 Å². The van der Waals surface area contributed by atoms with E-state index >= 15 is 0 Å². The molecule has 8 nitrogen and oxygen atoms in total. The van der Waals surface area contributed by atoms with Crippen LogP contribution in [0.1, 0.15) is 52.7 Å². The van der Waals surface area contributed by atoms with Gasteiger partial charge in [-0.2, -0.15) is 5.10 Å². The molecule has 2 fully saturated rings. The Balaban J connectivity index is 0.991. The summed E-state index contributed by atoms with van der Waals surface area (Å²) in [5.41, 5.74) is 6.60. The second kappa shape index (κ2) is 15.3. The molecular formula is C34H40N4O4. The molecular weight excluding hydrogens is 528 g/mol. The first-order valence-electron chi connectivity index (χ1n) is 14.9. The second-order valence-electron chi connectivity index (χ2n) is 11.1. The summed E-state index contributed by atoms with van der Waals surface area (Å²) in [7, 11) is 0. The third kappa shape index (κ3) is 9.26. The molecule has 1 atom stereocenters. The highest BCUT2D eigenvalue weighted by molar-refractivity contribution is 5.94. The van der Waals surface area contributed by atoms with Crippen molar-refractivity contribution in [1.29, 1.82) is 0 Å². The van der Waals surface area contributed by atoms with Crippen molar-refractivity contribution in [2.75, 3.05) is 32.8 Å². The van der Waals surface area contributed by atoms with Crippen molar-refractivity contribution >= 4 is 18.0 Å². The van der Waals surface area contributed by atoms with Crippen molar-refractivity contribution in [3.05, 3.63) is 101 Å². The summed E-state index contributed by atoms with van der Waals surface area (Å²) in [5, 5.41) is 6.92. The van der Waals surface area contributed by atoms with Gasteiger partial charge in [0.15, 0.2) is 6.61 Å². The van der Waals surface area contributed by atoms with E-state index in [1.54, 1.807) is 18.3 Å². The van der Waals surface area contributed by atoms with Crippen LogP contribution >= 0.6 is 0 Å². The molecule has 0 aromatic heterocycles. The topological polar surface area (TPSA) is 92.3 Å². The predicted octanol–water partition coefficient (Wildman–Crippen LogP) is 4.58. The summed E-state index contributed by atoms with van der Waals surface area (Å²) < 4.78 is 11.1. The number of ether oxygens (including phenoxy) is 2. The molecule has 3 aromatic rings. The zero-order valence-corrected chi connectivity index (χ0v) is 24.0. The van der Waals surface area contributed by atoms with E-state index in [1.165, 1.54) is 24.0 Å². The number of rotatable bonds is 12. The van der Waals surface area contributed by atoms with E-state index in [0.717, 1.165) is 57.0 Å². The van der Waals surface area contributed by atoms with Crippen LogP contribution in [0.3, 0.4) is 0 Å². The van der Waals surface area contributed by atoms with Crippen molar-refractivity contribution in [3.8, 4) is 5.75 Å². The molecule has 2 N–H and O–H groups in total. The average molecular weight is 569 g/mol. The molecule has 2 heterocycles. The van der Waals surface area contributed by atoms with Crippen LogP contribution in [-0.4, -0.2) is 61.9 Å². The number of hydrogen-bond acceptors (Lipinski definition) is 6. The first-order chi connectivity index (χ1) is 20.6. The molecule has 0 spiro atoms. The molecule has 5 rings (SSSR count). The maximum atomic E-state index is 12.6. The van der Waals surface area contributed by atoms with Gasteiger partial charge >= 0.3 is 0 Å². The Bertz CT molecular complexity index is 1300. The number of hydrogen-bond donors (Lipinski definition) is 2. The van der Waals surface area contributed by atoms with Crippen molar-refractivity contribution in [2.24, 2.45) is 11.0 Å². The number of piperidine rings is 1. The van der Waals surface area contributed by atoms with Crippen LogP contribution in [0.4, 0.5) is 0 Å². The minimum atomic E-state index is -0.256. The Morgan fingerprint density at radius 1 is 0.929 bits per heavy atom. The number of hydrazone groups is 1. The van der Waals surface area contributed by atoms with Crippen molar-refractivity contribution in [3.63, 3.8) is 0 Å². The largest absolute Gasteiger partial charge is 0.484 e. The highest BCUT2D eigenvalue weighted by Gasteiger charge is 2.20. The minimum Gasteiger partial charge on any atom is -0.484 e. The molecule has 0 unspecified atom stereocenters. The highest BCUT2D eigenvalue weighted by atomic mass is 16.5. The van der Waals surface area contributed by atoms with Gasteiger partial charge in [0.25, 0.3) is 11.8 Å². The summed E-state index contributed by atoms with van der Waals surface area (Å²) in [6.45, 7) is 4.34. The third-order valence-corrected chi connectivity index (χ3v) is 7.88. The zero-order chi connectivity index (χ0) is 29.0. The Hall–Kier alpha value is -4.01. The van der Waals surface area contributed by atoms with Crippen LogP contribution in [-0.2, 0) is 22.5 Å². The number of carbonyl (C=O) groups is 2. The van der Waals surface area contributed by atoms with Gasteiger partial charge in [0.05, 0.1) is 12.3 Å². The van der Waals surface area contributed by atoms with Gasteiger partial charge in [0.1, 0.15) is 5.75 Å². The molecule has 0 aliphatic carbocycles. The van der Waals surface area contributed by atoms with E-state index in [9.17, 15) is 9.59 Å². The Morgan fingerprint density at radius 2 is 1.69 bits per heavy atom. The van der Waals surface area contributed by atoms with Gasteiger partial charge in [-0.1, -0.05) is 42.5 Å². The SMILES string of the molecule is O=C(COc1ccc(/C=N\NC(=O)c2ccc(CN3CCC(Cc4ccccc4)CC3)cc2)cc1)NC[C@@H]1CCCO1. The monoisotopic (exact) mass is 568 g/mol. The number of benzene rings is 3. The normalized spacial score (nSPS) is 17.8. The first-order valence-corrected chi connectivity index (χ1v) is 14.9. The summed E-state index contributed by atoms with van der Waals surface area (Å²) in [5.74, 6) is 0.904. The molecule has 2 amide bonds. The lowest BCUT2D eigenvalue weighted by atomic mass is 9.90. The fraction of sp³-hybridized carbons (Fsp3) is 0.382. The lowest BCUT2D eigenvalue weighted by molar-refractivity contribution is -0.123. The zero-order valence-electron chi connectivity index (χ0n) is 24.0. The molecule has 42 heavy (non-hydrogen) atoms. The lowest BCUT2D eigenvalue weighted by Crippen LogP contribution is -2.35. The fourth-order valence-electron chi connectivity index (χ4n) is 5.43. The van der Waals surface area contributed by atoms with Crippen LogP contribution in [0.15, 0.2) is 84.0 Å². The minimum absolute atomic E-state index is 0.0533. The second-order valence-corrected chi connectivity index (χ2v) is 11.1. The molecule has 2 aliphatic rings. The smallest absolute Gasteiger partial charge is 0.271 e. The molecule has 0 bridgehead atoms. The van der Waals surface area contributed by atoms with E-state index in [-0.39, 0.29) is 24.5 Å². The Morgan fingerprint density at radius 3 is 2.40 bits per heavy atom. The van der Waals surface area contributed by atoms with Gasteiger partial charge in [-0.25, -0.2) is 5.43 Å². The summed E-state index contributed by atoms with van der Waals surface area (Å²) in [6, 6.07) is 25.7. The van der Waals surface area contributed by atoms with Gasteiger partial charge in [-0.15, -0.1) is 0 Å². The Labute approximate surface area is 248 Å². The van der Waals surface area contributed by atoms with E-state index in [0.29, 0.717) is 17.9 Å². The Kier molecular flexibility index (Phi) is 10.7. The van der Waals surface area contributed by atoms with Gasteiger partial charge in [-0.05, 0) is 104 Å². The van der Waals surface area contributed by atoms with Crippen molar-refractivity contribution in [1.82, 2.24) is 15.6 Å². The summed E-state index contributed by atoms with van der Waals surface area (Å²) >= 11 is 0. The predicted molar refractivity (Wildman–Crippen MR) is 164 cm³/mol. The summed E-state index contributed by atoms with van der Waals surface area (Å²) in [6.07, 6.45) is 7.31. The van der Waals surface area contributed by atoms with Gasteiger partial charge in [-0.3, -0.25) is 14.5 Å². The van der Waals surface area contributed by atoms with Gasteiger partial charge in [0.2, 0.25) is 0 Å². The molecule has 2 saturated heterocycles. The molecule has 220 valence electrons. The van der Waals surface area contributed by atoms with Crippen LogP contribution in [0.2, 0.25) is 0 Å². The molecule has 3 aromatic carbocycles. The van der Waals surface area contributed by atoms with Crippen LogP contribution in [0.25, 0.3) is 0 Å². The van der Waals surface area contributed by atoms with Gasteiger partial charge in [0, 0.05) is 25.3 Å². The number of likely N-dealkylation sites (tertiary alicyclic amines) is 1. The third-order valence-electron chi connectivity index (χ3n) is 7.88. The first kappa shape index (κ1) is 29.5. The number of nitrogens with one attached hydrogen (secondary N) is 2. The standard InChI is InChI=1S/C34H40N4O4/c39-33(35-23-32-7-4-20-41-32)25-42-31-14-10-28(11-15-31)22-36-37-34(40)30-12-8-29(9-13-30)24-38-18-16-27(17-19-38)21-26-5-2-1-3-6-26/h1-3,5-6,8-15,22,27,32H,4,7,16-21,23-25H2,(H,35,39)(H,37,40)/b36-22-/t32-/m0/s1. The molecule has 0 radical (unpaired) electrons. The van der Waals surface area contributed by atoms with Gasteiger partial charge < -0.3 is 14.8 Å². The van der Waals surface area contributed by atoms with E-state index in [1.807, 2.05) is 36.4 Å². The number of nitrogens with zero attached hydrogens (tertiary/aromatic N) is 2. The van der Waals surface area contributed by atoms with E-state index in [2.05, 4.69) is 51.1 Å². The van der Waals surface area contributed by atoms with Crippen molar-refractivity contribution in [2.45, 2.75) is 44.8 Å². The quantitative estimate of drug-likeness (QED) is 0.247. The molecule has 8 heteroatoms. The highest BCUT2D eigenvalue weighted by Crippen LogP contribution is 2.23. The number of amides is 2. The summed E-state index contributed by atoms with van der Waals surface area (Å²) in [4.78, 5) is 27.0. The maximum Gasteiger partial charge on any atom is 0.271 e. The van der Waals surface area contributed by atoms with Crippen LogP contribution in [0, 0.1) is 5.92 Å². The molecule has 0 saturated carbocycles. The fourth-order valence-corrected chi connectivity index (χ4v) is 5.43.